The fourth-order valence-corrected chi connectivity index (χ4v) is 4.69. The van der Waals surface area contributed by atoms with Crippen LogP contribution < -0.4 is 9.47 Å². The molecule has 0 radical (unpaired) electrons. The number of ether oxygens (including phenoxy) is 2. The van der Waals surface area contributed by atoms with Crippen molar-refractivity contribution < 1.29 is 18.7 Å². The SMILES string of the molecule is COc1cc2c(cc1OC)C(O[Si](C)(C)C)(c1ccccc1C)C2=O. The lowest BCUT2D eigenvalue weighted by Gasteiger charge is -2.46. The summed E-state index contributed by atoms with van der Waals surface area (Å²) in [6.45, 7) is 8.30. The Balaban J connectivity index is 2.28. The van der Waals surface area contributed by atoms with Crippen molar-refractivity contribution in [3.8, 4) is 11.5 Å². The van der Waals surface area contributed by atoms with Crippen molar-refractivity contribution in [2.45, 2.75) is 32.2 Å². The summed E-state index contributed by atoms with van der Waals surface area (Å²) >= 11 is 0. The molecule has 1 aliphatic rings. The van der Waals surface area contributed by atoms with Crippen LogP contribution in [0.15, 0.2) is 36.4 Å². The lowest BCUT2D eigenvalue weighted by Crippen LogP contribution is -2.54. The molecule has 25 heavy (non-hydrogen) atoms. The third-order valence-corrected chi connectivity index (χ3v) is 5.37. The molecule has 2 aromatic rings. The van der Waals surface area contributed by atoms with Gasteiger partial charge in [-0.1, -0.05) is 24.3 Å². The Morgan fingerprint density at radius 2 is 1.52 bits per heavy atom. The summed E-state index contributed by atoms with van der Waals surface area (Å²) in [5, 5.41) is 0. The van der Waals surface area contributed by atoms with E-state index in [0.717, 1.165) is 16.7 Å². The Morgan fingerprint density at radius 3 is 2.08 bits per heavy atom. The van der Waals surface area contributed by atoms with Crippen LogP contribution in [0.3, 0.4) is 0 Å². The summed E-state index contributed by atoms with van der Waals surface area (Å²) in [4.78, 5) is 13.3. The maximum absolute atomic E-state index is 13.3. The molecule has 0 aromatic heterocycles. The summed E-state index contributed by atoms with van der Waals surface area (Å²) in [6.07, 6.45) is 0. The zero-order chi connectivity index (χ0) is 18.4. The van der Waals surface area contributed by atoms with Gasteiger partial charge in [-0.05, 0) is 49.8 Å². The van der Waals surface area contributed by atoms with E-state index in [2.05, 4.69) is 19.6 Å². The molecule has 0 fully saturated rings. The number of carbonyl (C=O) groups is 1. The molecule has 1 aliphatic carbocycles. The minimum atomic E-state index is -2.02. The Kier molecular flexibility index (Phi) is 4.25. The van der Waals surface area contributed by atoms with Crippen molar-refractivity contribution >= 4 is 14.1 Å². The first-order chi connectivity index (χ1) is 11.7. The normalized spacial score (nSPS) is 19.2. The van der Waals surface area contributed by atoms with Crippen molar-refractivity contribution in [1.82, 2.24) is 0 Å². The zero-order valence-electron chi connectivity index (χ0n) is 15.6. The van der Waals surface area contributed by atoms with Gasteiger partial charge in [0.25, 0.3) is 0 Å². The number of hydrogen-bond acceptors (Lipinski definition) is 4. The molecule has 1 unspecified atom stereocenters. The van der Waals surface area contributed by atoms with Gasteiger partial charge >= 0.3 is 0 Å². The third kappa shape index (κ3) is 2.67. The molecule has 3 rings (SSSR count). The zero-order valence-corrected chi connectivity index (χ0v) is 16.6. The average molecular weight is 356 g/mol. The smallest absolute Gasteiger partial charge is 0.203 e. The highest BCUT2D eigenvalue weighted by Gasteiger charge is 2.57. The van der Waals surface area contributed by atoms with Gasteiger partial charge in [0.15, 0.2) is 25.4 Å². The second kappa shape index (κ2) is 6.00. The first-order valence-corrected chi connectivity index (χ1v) is 11.7. The highest BCUT2D eigenvalue weighted by Crippen LogP contribution is 2.52. The predicted octanol–water partition coefficient (Wildman–Crippen LogP) is 4.30. The molecule has 0 bridgehead atoms. The molecule has 0 spiro atoms. The van der Waals surface area contributed by atoms with Gasteiger partial charge in [-0.3, -0.25) is 4.79 Å². The molecular weight excluding hydrogens is 332 g/mol. The van der Waals surface area contributed by atoms with E-state index in [1.807, 2.05) is 37.3 Å². The minimum absolute atomic E-state index is 0.0137. The molecule has 5 heteroatoms. The number of hydrogen-bond donors (Lipinski definition) is 0. The predicted molar refractivity (Wildman–Crippen MR) is 100 cm³/mol. The Morgan fingerprint density at radius 1 is 0.920 bits per heavy atom. The van der Waals surface area contributed by atoms with Crippen molar-refractivity contribution in [1.29, 1.82) is 0 Å². The van der Waals surface area contributed by atoms with Crippen LogP contribution in [0.1, 0.15) is 27.0 Å². The van der Waals surface area contributed by atoms with Crippen molar-refractivity contribution in [2.24, 2.45) is 0 Å². The largest absolute Gasteiger partial charge is 0.493 e. The molecule has 132 valence electrons. The Labute approximate surface area is 149 Å². The summed E-state index contributed by atoms with van der Waals surface area (Å²) < 4.78 is 17.3. The molecule has 0 N–H and O–H groups in total. The van der Waals surface area contributed by atoms with Gasteiger partial charge < -0.3 is 13.9 Å². The van der Waals surface area contributed by atoms with E-state index in [9.17, 15) is 4.79 Å². The first-order valence-electron chi connectivity index (χ1n) is 8.32. The topological polar surface area (TPSA) is 44.8 Å². The summed E-state index contributed by atoms with van der Waals surface area (Å²) in [6, 6.07) is 11.5. The lowest BCUT2D eigenvalue weighted by molar-refractivity contribution is 0.0451. The van der Waals surface area contributed by atoms with Crippen LogP contribution >= 0.6 is 0 Å². The van der Waals surface area contributed by atoms with Gasteiger partial charge in [0.1, 0.15) is 0 Å². The van der Waals surface area contributed by atoms with Gasteiger partial charge in [0.05, 0.1) is 14.2 Å². The molecule has 2 aromatic carbocycles. The molecular formula is C20H24O4Si. The van der Waals surface area contributed by atoms with Crippen molar-refractivity contribution in [2.75, 3.05) is 14.2 Å². The molecule has 0 amide bonds. The summed E-state index contributed by atoms with van der Waals surface area (Å²) in [7, 11) is 1.15. The summed E-state index contributed by atoms with van der Waals surface area (Å²) in [5.41, 5.74) is 2.38. The van der Waals surface area contributed by atoms with Gasteiger partial charge in [0, 0.05) is 11.1 Å². The highest BCUT2D eigenvalue weighted by atomic mass is 28.4. The average Bonchev–Trinajstić information content (AvgIpc) is 2.57. The molecule has 1 atom stereocenters. The monoisotopic (exact) mass is 356 g/mol. The van der Waals surface area contributed by atoms with Crippen LogP contribution in [0.25, 0.3) is 0 Å². The number of benzene rings is 2. The van der Waals surface area contributed by atoms with Crippen molar-refractivity contribution in [3.63, 3.8) is 0 Å². The molecule has 0 saturated heterocycles. The lowest BCUT2D eigenvalue weighted by atomic mass is 9.67. The van der Waals surface area contributed by atoms with Crippen LogP contribution in [0.5, 0.6) is 11.5 Å². The van der Waals surface area contributed by atoms with E-state index in [0.29, 0.717) is 17.1 Å². The maximum atomic E-state index is 13.3. The van der Waals surface area contributed by atoms with Crippen LogP contribution in [-0.4, -0.2) is 28.3 Å². The fraction of sp³-hybridized carbons (Fsp3) is 0.350. The molecule has 0 heterocycles. The van der Waals surface area contributed by atoms with E-state index in [1.165, 1.54) is 0 Å². The number of Topliss-reactive ketones (excluding diaryl/α,β-unsaturated/α-hetero) is 1. The van der Waals surface area contributed by atoms with E-state index in [1.54, 1.807) is 20.3 Å². The second-order valence-corrected chi connectivity index (χ2v) is 11.7. The van der Waals surface area contributed by atoms with Crippen LogP contribution in [0, 0.1) is 6.92 Å². The molecule has 4 nitrogen and oxygen atoms in total. The van der Waals surface area contributed by atoms with E-state index < -0.39 is 13.9 Å². The number of aryl methyl sites for hydroxylation is 1. The second-order valence-electron chi connectivity index (χ2n) is 7.29. The Hall–Kier alpha value is -2.11. The van der Waals surface area contributed by atoms with E-state index >= 15 is 0 Å². The fourth-order valence-electron chi connectivity index (χ4n) is 3.46. The highest BCUT2D eigenvalue weighted by molar-refractivity contribution is 6.70. The number of rotatable bonds is 5. The standard InChI is InChI=1S/C20H24O4Si/c1-13-9-7-8-10-15(13)20(24-25(4,5)6)16-12-18(23-3)17(22-2)11-14(16)19(20)21/h7-12H,1-6H3. The third-order valence-electron chi connectivity index (χ3n) is 4.45. The van der Waals surface area contributed by atoms with Gasteiger partial charge in [-0.25, -0.2) is 0 Å². The van der Waals surface area contributed by atoms with Gasteiger partial charge in [-0.2, -0.15) is 0 Å². The van der Waals surface area contributed by atoms with Gasteiger partial charge in [0.2, 0.25) is 5.78 Å². The quantitative estimate of drug-likeness (QED) is 0.749. The van der Waals surface area contributed by atoms with E-state index in [-0.39, 0.29) is 5.78 Å². The van der Waals surface area contributed by atoms with Crippen LogP contribution in [-0.2, 0) is 10.0 Å². The van der Waals surface area contributed by atoms with Crippen LogP contribution in [0.2, 0.25) is 19.6 Å². The number of methoxy groups -OCH3 is 2. The van der Waals surface area contributed by atoms with Gasteiger partial charge in [-0.15, -0.1) is 0 Å². The van der Waals surface area contributed by atoms with Crippen molar-refractivity contribution in [3.05, 3.63) is 58.7 Å². The number of carbonyl (C=O) groups excluding carboxylic acids is 1. The maximum Gasteiger partial charge on any atom is 0.203 e. The Bertz CT molecular complexity index is 838. The van der Waals surface area contributed by atoms with E-state index in [4.69, 9.17) is 13.9 Å². The minimum Gasteiger partial charge on any atom is -0.493 e. The summed E-state index contributed by atoms with van der Waals surface area (Å²) in [5.74, 6) is 1.15. The number of fused-ring (bicyclic) bond motifs is 1. The van der Waals surface area contributed by atoms with Crippen LogP contribution in [0.4, 0.5) is 0 Å². The molecule has 0 saturated carbocycles. The number of ketones is 1. The first kappa shape index (κ1) is 17.7. The molecule has 0 aliphatic heterocycles.